The molecule has 3 N–H and O–H groups in total. The second-order valence-corrected chi connectivity index (χ2v) is 4.96. The van der Waals surface area contributed by atoms with Gasteiger partial charge in [0.05, 0.1) is 0 Å². The number of ether oxygens (including phenoxy) is 1. The summed E-state index contributed by atoms with van der Waals surface area (Å²) < 4.78 is 32.3. The van der Waals surface area contributed by atoms with Gasteiger partial charge < -0.3 is 15.8 Å². The molecular formula is C14H18F2N2O2. The molecule has 0 spiro atoms. The van der Waals surface area contributed by atoms with Gasteiger partial charge in [0, 0.05) is 6.54 Å². The Morgan fingerprint density at radius 1 is 1.35 bits per heavy atom. The van der Waals surface area contributed by atoms with E-state index in [9.17, 15) is 13.6 Å². The fourth-order valence-electron chi connectivity index (χ4n) is 1.83. The Kier molecular flexibility index (Phi) is 4.89. The number of halogens is 2. The van der Waals surface area contributed by atoms with Crippen molar-refractivity contribution in [2.45, 2.75) is 19.3 Å². The van der Waals surface area contributed by atoms with Crippen molar-refractivity contribution in [3.05, 3.63) is 29.3 Å². The van der Waals surface area contributed by atoms with Gasteiger partial charge in [-0.2, -0.15) is 0 Å². The summed E-state index contributed by atoms with van der Waals surface area (Å²) >= 11 is 0. The van der Waals surface area contributed by atoms with Crippen LogP contribution >= 0.6 is 0 Å². The highest BCUT2D eigenvalue weighted by Crippen LogP contribution is 2.27. The average molecular weight is 284 g/mol. The highest BCUT2D eigenvalue weighted by atomic mass is 19.1. The Hall–Kier alpha value is -1.69. The highest BCUT2D eigenvalue weighted by Gasteiger charge is 2.22. The molecule has 0 bridgehead atoms. The summed E-state index contributed by atoms with van der Waals surface area (Å²) in [5.41, 5.74) is 5.80. The lowest BCUT2D eigenvalue weighted by atomic mass is 10.1. The quantitative estimate of drug-likeness (QED) is 0.795. The average Bonchev–Trinajstić information content (AvgIpc) is 3.19. The summed E-state index contributed by atoms with van der Waals surface area (Å²) in [4.78, 5) is 11.4. The fraction of sp³-hybridized carbons (Fsp3) is 0.500. The van der Waals surface area contributed by atoms with E-state index in [1.165, 1.54) is 12.1 Å². The van der Waals surface area contributed by atoms with E-state index >= 15 is 0 Å². The lowest BCUT2D eigenvalue weighted by Gasteiger charge is -2.10. The number of hydrogen-bond acceptors (Lipinski definition) is 3. The van der Waals surface area contributed by atoms with E-state index in [1.807, 2.05) is 0 Å². The number of carbonyl (C=O) groups is 1. The molecular weight excluding hydrogens is 266 g/mol. The maximum atomic E-state index is 13.7. The van der Waals surface area contributed by atoms with Gasteiger partial charge in [-0.25, -0.2) is 8.78 Å². The minimum absolute atomic E-state index is 0.308. The van der Waals surface area contributed by atoms with Crippen LogP contribution in [0.2, 0.25) is 0 Å². The van der Waals surface area contributed by atoms with Crippen LogP contribution < -0.4 is 15.8 Å². The van der Waals surface area contributed by atoms with Crippen LogP contribution in [0.25, 0.3) is 0 Å². The second kappa shape index (κ2) is 6.65. The molecule has 110 valence electrons. The molecule has 0 atom stereocenters. The minimum Gasteiger partial charge on any atom is -0.478 e. The second-order valence-electron chi connectivity index (χ2n) is 4.96. The van der Waals surface area contributed by atoms with Crippen LogP contribution in [0.4, 0.5) is 8.78 Å². The zero-order valence-electron chi connectivity index (χ0n) is 11.1. The van der Waals surface area contributed by atoms with E-state index in [4.69, 9.17) is 10.5 Å². The Labute approximate surface area is 116 Å². The monoisotopic (exact) mass is 284 g/mol. The molecule has 0 aliphatic heterocycles. The zero-order chi connectivity index (χ0) is 14.5. The Morgan fingerprint density at radius 3 is 2.55 bits per heavy atom. The van der Waals surface area contributed by atoms with Crippen LogP contribution in [-0.2, 0) is 11.2 Å². The van der Waals surface area contributed by atoms with E-state index in [0.29, 0.717) is 31.0 Å². The minimum atomic E-state index is -0.816. The zero-order valence-corrected chi connectivity index (χ0v) is 11.1. The third-order valence-electron chi connectivity index (χ3n) is 3.12. The maximum absolute atomic E-state index is 13.7. The molecule has 1 aromatic rings. The first-order valence-corrected chi connectivity index (χ1v) is 6.67. The smallest absolute Gasteiger partial charge is 0.257 e. The molecule has 1 aromatic carbocycles. The van der Waals surface area contributed by atoms with Gasteiger partial charge in [-0.15, -0.1) is 0 Å². The lowest BCUT2D eigenvalue weighted by Crippen LogP contribution is -2.30. The van der Waals surface area contributed by atoms with Crippen molar-refractivity contribution in [2.75, 3.05) is 19.7 Å². The van der Waals surface area contributed by atoms with Crippen molar-refractivity contribution in [2.24, 2.45) is 11.7 Å². The number of nitrogens with one attached hydrogen (secondary N) is 1. The van der Waals surface area contributed by atoms with Gasteiger partial charge in [0.25, 0.3) is 5.91 Å². The van der Waals surface area contributed by atoms with Crippen molar-refractivity contribution >= 4 is 5.91 Å². The number of hydrogen-bond donors (Lipinski definition) is 2. The number of benzene rings is 1. The summed E-state index contributed by atoms with van der Waals surface area (Å²) in [6.07, 6.45) is 2.62. The molecule has 0 saturated heterocycles. The summed E-state index contributed by atoms with van der Waals surface area (Å²) in [5.74, 6) is -1.98. The number of amides is 1. The number of carbonyl (C=O) groups excluding carboxylic acids is 1. The van der Waals surface area contributed by atoms with Crippen LogP contribution in [0.15, 0.2) is 12.1 Å². The summed E-state index contributed by atoms with van der Waals surface area (Å²) in [6.45, 7) is 0.516. The molecule has 0 radical (unpaired) electrons. The molecule has 0 heterocycles. The lowest BCUT2D eigenvalue weighted by molar-refractivity contribution is -0.123. The first-order valence-electron chi connectivity index (χ1n) is 6.67. The molecule has 1 amide bonds. The third kappa shape index (κ3) is 4.16. The van der Waals surface area contributed by atoms with Crippen molar-refractivity contribution in [1.82, 2.24) is 5.32 Å². The van der Waals surface area contributed by atoms with Crippen molar-refractivity contribution in [3.63, 3.8) is 0 Å². The third-order valence-corrected chi connectivity index (χ3v) is 3.12. The molecule has 1 aliphatic rings. The van der Waals surface area contributed by atoms with Gasteiger partial charge in [-0.1, -0.05) is 0 Å². The van der Waals surface area contributed by atoms with Gasteiger partial charge in [-0.3, -0.25) is 4.79 Å². The highest BCUT2D eigenvalue weighted by molar-refractivity contribution is 5.77. The van der Waals surface area contributed by atoms with Crippen LogP contribution in [0.3, 0.4) is 0 Å². The molecule has 1 saturated carbocycles. The van der Waals surface area contributed by atoms with E-state index in [0.717, 1.165) is 12.8 Å². The van der Waals surface area contributed by atoms with E-state index in [-0.39, 0.29) is 5.91 Å². The first-order chi connectivity index (χ1) is 9.60. The molecule has 4 nitrogen and oxygen atoms in total. The first kappa shape index (κ1) is 14.7. The molecule has 1 fully saturated rings. The number of rotatable bonds is 7. The largest absolute Gasteiger partial charge is 0.478 e. The van der Waals surface area contributed by atoms with E-state index in [1.54, 1.807) is 0 Å². The van der Waals surface area contributed by atoms with Gasteiger partial charge in [-0.05, 0) is 49.4 Å². The van der Waals surface area contributed by atoms with Crippen molar-refractivity contribution in [1.29, 1.82) is 0 Å². The van der Waals surface area contributed by atoms with Gasteiger partial charge in [0.2, 0.25) is 0 Å². The molecule has 2 rings (SSSR count). The molecule has 6 heteroatoms. The van der Waals surface area contributed by atoms with Crippen LogP contribution in [0.5, 0.6) is 5.75 Å². The number of nitrogens with two attached hydrogens (primary N) is 1. The molecule has 1 aliphatic carbocycles. The Bertz CT molecular complexity index is 467. The van der Waals surface area contributed by atoms with Gasteiger partial charge in [0.1, 0.15) is 0 Å². The SMILES string of the molecule is NCCc1cc(F)c(OCC(=O)NCC2CC2)c(F)c1. The van der Waals surface area contributed by atoms with E-state index < -0.39 is 24.0 Å². The topological polar surface area (TPSA) is 64.3 Å². The molecule has 20 heavy (non-hydrogen) atoms. The summed E-state index contributed by atoms with van der Waals surface area (Å²) in [6, 6.07) is 2.35. The van der Waals surface area contributed by atoms with Gasteiger partial charge >= 0.3 is 0 Å². The normalized spacial score (nSPS) is 14.2. The van der Waals surface area contributed by atoms with Crippen LogP contribution in [0.1, 0.15) is 18.4 Å². The summed E-state index contributed by atoms with van der Waals surface area (Å²) in [7, 11) is 0. The predicted octanol–water partition coefficient (Wildman–Crippen LogP) is 1.37. The molecule has 0 unspecified atom stereocenters. The van der Waals surface area contributed by atoms with Crippen molar-refractivity contribution in [3.8, 4) is 5.75 Å². The van der Waals surface area contributed by atoms with E-state index in [2.05, 4.69) is 5.32 Å². The van der Waals surface area contributed by atoms with Crippen LogP contribution in [0, 0.1) is 17.6 Å². The van der Waals surface area contributed by atoms with Crippen molar-refractivity contribution < 1.29 is 18.3 Å². The van der Waals surface area contributed by atoms with Gasteiger partial charge in [0.15, 0.2) is 24.0 Å². The predicted molar refractivity (Wildman–Crippen MR) is 70.3 cm³/mol. The molecule has 0 aromatic heterocycles. The fourth-order valence-corrected chi connectivity index (χ4v) is 1.83. The Balaban J connectivity index is 1.89. The summed E-state index contributed by atoms with van der Waals surface area (Å²) in [5, 5.41) is 2.66. The Morgan fingerprint density at radius 2 is 2.00 bits per heavy atom. The standard InChI is InChI=1S/C14H18F2N2O2/c15-11-5-10(3-4-17)6-12(16)14(11)20-8-13(19)18-7-9-1-2-9/h5-6,9H,1-4,7-8,17H2,(H,18,19). The van der Waals surface area contributed by atoms with Crippen LogP contribution in [-0.4, -0.2) is 25.6 Å². The maximum Gasteiger partial charge on any atom is 0.257 e.